The number of rotatable bonds is 7. The van der Waals surface area contributed by atoms with Gasteiger partial charge in [0.15, 0.2) is 5.58 Å². The van der Waals surface area contributed by atoms with Gasteiger partial charge in [0, 0.05) is 11.9 Å². The monoisotopic (exact) mass is 372 g/mol. The molecule has 3 aromatic carbocycles. The molecule has 5 nitrogen and oxygen atoms in total. The number of carbonyl (C=O) groups excluding carboxylic acids is 1. The van der Waals surface area contributed by atoms with Crippen LogP contribution in [0, 0.1) is 0 Å². The van der Waals surface area contributed by atoms with E-state index in [4.69, 9.17) is 9.26 Å². The zero-order chi connectivity index (χ0) is 19.2. The molecule has 0 aliphatic carbocycles. The van der Waals surface area contributed by atoms with Gasteiger partial charge in [0.05, 0.1) is 6.42 Å². The summed E-state index contributed by atoms with van der Waals surface area (Å²) in [6.45, 7) is 0.935. The molecule has 1 aromatic heterocycles. The Morgan fingerprint density at radius 2 is 1.71 bits per heavy atom. The number of para-hydroxylation sites is 2. The van der Waals surface area contributed by atoms with E-state index in [-0.39, 0.29) is 12.3 Å². The molecule has 28 heavy (non-hydrogen) atoms. The van der Waals surface area contributed by atoms with Crippen molar-refractivity contribution in [1.29, 1.82) is 0 Å². The van der Waals surface area contributed by atoms with Gasteiger partial charge in [0.25, 0.3) is 0 Å². The lowest BCUT2D eigenvalue weighted by molar-refractivity contribution is -0.120. The number of aromatic nitrogens is 1. The molecule has 1 heterocycles. The molecule has 4 aromatic rings. The van der Waals surface area contributed by atoms with E-state index in [9.17, 15) is 4.79 Å². The zero-order valence-corrected chi connectivity index (χ0v) is 15.3. The van der Waals surface area contributed by atoms with E-state index in [0.29, 0.717) is 24.4 Å². The fourth-order valence-electron chi connectivity index (χ4n) is 2.99. The van der Waals surface area contributed by atoms with Gasteiger partial charge < -0.3 is 14.6 Å². The van der Waals surface area contributed by atoms with Crippen molar-refractivity contribution in [2.45, 2.75) is 19.6 Å². The fraction of sp³-hybridized carbons (Fsp3) is 0.130. The second-order valence-corrected chi connectivity index (χ2v) is 6.50. The van der Waals surface area contributed by atoms with Crippen molar-refractivity contribution >= 4 is 16.9 Å². The Labute approximate surface area is 162 Å². The Kier molecular flexibility index (Phi) is 5.33. The molecule has 0 unspecified atom stereocenters. The smallest absolute Gasteiger partial charge is 0.226 e. The number of benzene rings is 3. The highest BCUT2D eigenvalue weighted by molar-refractivity contribution is 5.86. The first-order chi connectivity index (χ1) is 13.8. The first kappa shape index (κ1) is 17.8. The molecule has 1 N–H and O–H groups in total. The van der Waals surface area contributed by atoms with Crippen LogP contribution in [-0.4, -0.2) is 11.1 Å². The van der Waals surface area contributed by atoms with E-state index in [1.807, 2.05) is 78.9 Å². The standard InChI is InChI=1S/C23H20N2O3/c26-23(14-21-20-11-4-5-12-22(20)28-25-21)24-15-17-7-6-8-18(13-17)16-27-19-9-2-1-3-10-19/h1-13H,14-16H2,(H,24,26). The summed E-state index contributed by atoms with van der Waals surface area (Å²) in [7, 11) is 0. The van der Waals surface area contributed by atoms with Crippen molar-refractivity contribution in [3.63, 3.8) is 0 Å². The predicted molar refractivity (Wildman–Crippen MR) is 107 cm³/mol. The molecule has 0 aliphatic heterocycles. The maximum Gasteiger partial charge on any atom is 0.226 e. The zero-order valence-electron chi connectivity index (χ0n) is 15.3. The van der Waals surface area contributed by atoms with Crippen LogP contribution >= 0.6 is 0 Å². The van der Waals surface area contributed by atoms with Gasteiger partial charge in [-0.3, -0.25) is 4.79 Å². The number of fused-ring (bicyclic) bond motifs is 1. The number of ether oxygens (including phenoxy) is 1. The van der Waals surface area contributed by atoms with Crippen LogP contribution in [0.1, 0.15) is 16.8 Å². The van der Waals surface area contributed by atoms with E-state index in [1.54, 1.807) is 0 Å². The minimum absolute atomic E-state index is 0.0926. The number of carbonyl (C=O) groups is 1. The Bertz CT molecular complexity index is 1070. The van der Waals surface area contributed by atoms with Crippen LogP contribution in [0.5, 0.6) is 5.75 Å². The second-order valence-electron chi connectivity index (χ2n) is 6.50. The fourth-order valence-corrected chi connectivity index (χ4v) is 2.99. The maximum absolute atomic E-state index is 12.3. The maximum atomic E-state index is 12.3. The first-order valence-electron chi connectivity index (χ1n) is 9.13. The van der Waals surface area contributed by atoms with Gasteiger partial charge in [-0.05, 0) is 35.4 Å². The summed E-state index contributed by atoms with van der Waals surface area (Å²) < 4.78 is 11.0. The van der Waals surface area contributed by atoms with E-state index in [2.05, 4.69) is 10.5 Å². The predicted octanol–water partition coefficient (Wildman–Crippen LogP) is 4.27. The van der Waals surface area contributed by atoms with E-state index < -0.39 is 0 Å². The topological polar surface area (TPSA) is 64.4 Å². The SMILES string of the molecule is O=C(Cc1noc2ccccc12)NCc1cccc(COc2ccccc2)c1. The quantitative estimate of drug-likeness (QED) is 0.526. The second kappa shape index (κ2) is 8.39. The van der Waals surface area contributed by atoms with Gasteiger partial charge >= 0.3 is 0 Å². The van der Waals surface area contributed by atoms with Crippen LogP contribution in [-0.2, 0) is 24.4 Å². The van der Waals surface area contributed by atoms with Crippen molar-refractivity contribution in [3.8, 4) is 5.75 Å². The summed E-state index contributed by atoms with van der Waals surface area (Å²) in [5, 5.41) is 7.82. The van der Waals surface area contributed by atoms with Crippen molar-refractivity contribution in [2.75, 3.05) is 0 Å². The highest BCUT2D eigenvalue weighted by atomic mass is 16.5. The van der Waals surface area contributed by atoms with Gasteiger partial charge in [-0.25, -0.2) is 0 Å². The molecule has 4 rings (SSSR count). The Morgan fingerprint density at radius 1 is 0.929 bits per heavy atom. The van der Waals surface area contributed by atoms with Crippen LogP contribution in [0.3, 0.4) is 0 Å². The largest absolute Gasteiger partial charge is 0.489 e. The molecule has 0 saturated heterocycles. The van der Waals surface area contributed by atoms with Crippen LogP contribution in [0.2, 0.25) is 0 Å². The van der Waals surface area contributed by atoms with E-state index in [1.165, 1.54) is 0 Å². The van der Waals surface area contributed by atoms with Crippen LogP contribution in [0.15, 0.2) is 83.4 Å². The van der Waals surface area contributed by atoms with E-state index in [0.717, 1.165) is 22.3 Å². The van der Waals surface area contributed by atoms with Crippen molar-refractivity contribution in [3.05, 3.63) is 95.7 Å². The molecule has 1 amide bonds. The average molecular weight is 372 g/mol. The van der Waals surface area contributed by atoms with Crippen LogP contribution in [0.25, 0.3) is 11.0 Å². The highest BCUT2D eigenvalue weighted by Gasteiger charge is 2.11. The van der Waals surface area contributed by atoms with Gasteiger partial charge in [0.1, 0.15) is 18.1 Å². The summed E-state index contributed by atoms with van der Waals surface area (Å²) in [5.41, 5.74) is 3.42. The molecule has 140 valence electrons. The Hall–Kier alpha value is -3.60. The minimum atomic E-state index is -0.0926. The summed E-state index contributed by atoms with van der Waals surface area (Å²) in [4.78, 5) is 12.3. The van der Waals surface area contributed by atoms with Gasteiger partial charge in [-0.2, -0.15) is 0 Å². The average Bonchev–Trinajstić information content (AvgIpc) is 3.15. The minimum Gasteiger partial charge on any atom is -0.489 e. The van der Waals surface area contributed by atoms with E-state index >= 15 is 0 Å². The molecule has 0 fully saturated rings. The first-order valence-corrected chi connectivity index (χ1v) is 9.13. The van der Waals surface area contributed by atoms with Gasteiger partial charge in [-0.1, -0.05) is 59.8 Å². The lowest BCUT2D eigenvalue weighted by Crippen LogP contribution is -2.24. The molecular formula is C23H20N2O3. The molecule has 0 saturated carbocycles. The highest BCUT2D eigenvalue weighted by Crippen LogP contribution is 2.18. The normalized spacial score (nSPS) is 10.7. The molecule has 0 spiro atoms. The van der Waals surface area contributed by atoms with Crippen molar-refractivity contribution in [2.24, 2.45) is 0 Å². The van der Waals surface area contributed by atoms with Crippen LogP contribution < -0.4 is 10.1 Å². The lowest BCUT2D eigenvalue weighted by Gasteiger charge is -2.09. The third-order valence-corrected chi connectivity index (χ3v) is 4.41. The Morgan fingerprint density at radius 3 is 2.61 bits per heavy atom. The number of nitrogens with one attached hydrogen (secondary N) is 1. The molecule has 0 aliphatic rings. The number of hydrogen-bond acceptors (Lipinski definition) is 4. The molecular weight excluding hydrogens is 352 g/mol. The molecule has 0 bridgehead atoms. The lowest BCUT2D eigenvalue weighted by atomic mass is 10.1. The number of hydrogen-bond donors (Lipinski definition) is 1. The molecule has 5 heteroatoms. The third kappa shape index (κ3) is 4.38. The summed E-state index contributed by atoms with van der Waals surface area (Å²) in [6.07, 6.45) is 0.188. The molecule has 0 atom stereocenters. The summed E-state index contributed by atoms with van der Waals surface area (Å²) in [5.74, 6) is 0.742. The molecule has 0 radical (unpaired) electrons. The summed E-state index contributed by atoms with van der Waals surface area (Å²) >= 11 is 0. The summed E-state index contributed by atoms with van der Waals surface area (Å²) in [6, 6.07) is 25.2. The third-order valence-electron chi connectivity index (χ3n) is 4.41. The Balaban J connectivity index is 1.32. The van der Waals surface area contributed by atoms with Crippen molar-refractivity contribution < 1.29 is 14.1 Å². The number of nitrogens with zero attached hydrogens (tertiary/aromatic N) is 1. The van der Waals surface area contributed by atoms with Gasteiger partial charge in [0.2, 0.25) is 5.91 Å². The van der Waals surface area contributed by atoms with Gasteiger partial charge in [-0.15, -0.1) is 0 Å². The number of amides is 1. The van der Waals surface area contributed by atoms with Crippen LogP contribution in [0.4, 0.5) is 0 Å². The van der Waals surface area contributed by atoms with Crippen molar-refractivity contribution in [1.82, 2.24) is 10.5 Å².